The molecule has 2 heteroatoms. The third-order valence-electron chi connectivity index (χ3n) is 9.80. The van der Waals surface area contributed by atoms with E-state index in [0.717, 1.165) is 27.6 Å². The molecule has 0 atom stereocenters. The number of benzene rings is 6. The van der Waals surface area contributed by atoms with Crippen molar-refractivity contribution in [2.24, 2.45) is 0 Å². The maximum Gasteiger partial charge on any atom is 0.0724 e. The Balaban J connectivity index is 1.25. The molecule has 2 nitrogen and oxygen atoms in total. The smallest absolute Gasteiger partial charge is 0.0724 e. The summed E-state index contributed by atoms with van der Waals surface area (Å²) in [7, 11) is 0. The van der Waals surface area contributed by atoms with Gasteiger partial charge in [0, 0.05) is 40.5 Å². The molecule has 0 radical (unpaired) electrons. The molecule has 0 unspecified atom stereocenters. The van der Waals surface area contributed by atoms with Crippen LogP contribution in [0, 0.1) is 0 Å². The van der Waals surface area contributed by atoms with Gasteiger partial charge in [-0.1, -0.05) is 129 Å². The van der Waals surface area contributed by atoms with E-state index in [1.165, 1.54) is 60.5 Å². The van der Waals surface area contributed by atoms with Crippen molar-refractivity contribution in [3.63, 3.8) is 0 Å². The van der Waals surface area contributed by atoms with Crippen molar-refractivity contribution in [2.45, 2.75) is 19.3 Å². The molecule has 0 saturated carbocycles. The van der Waals surface area contributed by atoms with Crippen molar-refractivity contribution >= 4 is 32.3 Å². The maximum absolute atomic E-state index is 5.00. The van der Waals surface area contributed by atoms with Gasteiger partial charge in [-0.05, 0) is 78.0 Å². The maximum atomic E-state index is 5.00. The number of rotatable bonds is 3. The van der Waals surface area contributed by atoms with Crippen LogP contribution < -0.4 is 0 Å². The Kier molecular flexibility index (Phi) is 5.58. The minimum Gasteiger partial charge on any atom is -0.263 e. The third kappa shape index (κ3) is 3.82. The van der Waals surface area contributed by atoms with Crippen LogP contribution in [0.3, 0.4) is 0 Å². The second-order valence-electron chi connectivity index (χ2n) is 12.6. The van der Waals surface area contributed by atoms with Crippen LogP contribution in [0.1, 0.15) is 25.0 Å². The standard InChI is InChI=1S/C43H30N2/c1-43(2)38-18-10-9-13-31(38)32-21-19-27(23-39(32)43)41-33-14-5-7-16-35(33)42(36-17-8-6-15-34(36)41)29-20-22-40(45-25-29)37-26-44-24-28-11-3-4-12-30(28)37/h3-26H,1-2H3. The number of fused-ring (bicyclic) bond motifs is 6. The van der Waals surface area contributed by atoms with Gasteiger partial charge < -0.3 is 0 Å². The Morgan fingerprint density at radius 1 is 0.444 bits per heavy atom. The average molecular weight is 575 g/mol. The first kappa shape index (κ1) is 25.9. The van der Waals surface area contributed by atoms with E-state index in [4.69, 9.17) is 4.98 Å². The van der Waals surface area contributed by atoms with E-state index in [1.807, 2.05) is 24.7 Å². The molecule has 0 bridgehead atoms. The van der Waals surface area contributed by atoms with Crippen LogP contribution in [-0.2, 0) is 5.41 Å². The third-order valence-corrected chi connectivity index (χ3v) is 9.80. The lowest BCUT2D eigenvalue weighted by Crippen LogP contribution is -2.14. The van der Waals surface area contributed by atoms with Crippen molar-refractivity contribution in [3.8, 4) is 44.6 Å². The van der Waals surface area contributed by atoms with Gasteiger partial charge in [-0.25, -0.2) is 0 Å². The fourth-order valence-corrected chi connectivity index (χ4v) is 7.63. The zero-order valence-electron chi connectivity index (χ0n) is 25.3. The Morgan fingerprint density at radius 2 is 1.02 bits per heavy atom. The highest BCUT2D eigenvalue weighted by molar-refractivity contribution is 6.21. The van der Waals surface area contributed by atoms with Crippen LogP contribution in [0.4, 0.5) is 0 Å². The van der Waals surface area contributed by atoms with Gasteiger partial charge >= 0.3 is 0 Å². The molecule has 1 aliphatic rings. The molecule has 2 aromatic heterocycles. The highest BCUT2D eigenvalue weighted by Crippen LogP contribution is 2.51. The molecule has 8 aromatic rings. The highest BCUT2D eigenvalue weighted by atomic mass is 14.7. The Labute approximate surface area is 262 Å². The summed E-state index contributed by atoms with van der Waals surface area (Å²) >= 11 is 0. The Hall–Kier alpha value is -5.60. The second-order valence-corrected chi connectivity index (χ2v) is 12.6. The van der Waals surface area contributed by atoms with Gasteiger partial charge in [-0.3, -0.25) is 9.97 Å². The number of pyridine rings is 2. The van der Waals surface area contributed by atoms with E-state index in [2.05, 4.69) is 140 Å². The zero-order chi connectivity index (χ0) is 30.1. The van der Waals surface area contributed by atoms with E-state index in [9.17, 15) is 0 Å². The molecule has 9 rings (SSSR count). The fourth-order valence-electron chi connectivity index (χ4n) is 7.63. The molecule has 0 spiro atoms. The monoisotopic (exact) mass is 574 g/mol. The molecule has 0 fully saturated rings. The second kappa shape index (κ2) is 9.70. The lowest BCUT2D eigenvalue weighted by molar-refractivity contribution is 0.660. The van der Waals surface area contributed by atoms with Gasteiger partial charge in [-0.15, -0.1) is 0 Å². The summed E-state index contributed by atoms with van der Waals surface area (Å²) in [5.74, 6) is 0. The normalized spacial score (nSPS) is 13.3. The van der Waals surface area contributed by atoms with Crippen LogP contribution in [0.5, 0.6) is 0 Å². The molecule has 6 aromatic carbocycles. The summed E-state index contributed by atoms with van der Waals surface area (Å²) in [5, 5.41) is 7.25. The topological polar surface area (TPSA) is 25.8 Å². The lowest BCUT2D eigenvalue weighted by Gasteiger charge is -2.23. The van der Waals surface area contributed by atoms with E-state index in [0.29, 0.717) is 0 Å². The predicted octanol–water partition coefficient (Wildman–Crippen LogP) is 11.2. The van der Waals surface area contributed by atoms with E-state index >= 15 is 0 Å². The molecular weight excluding hydrogens is 544 g/mol. The molecule has 0 saturated heterocycles. The quantitative estimate of drug-likeness (QED) is 0.196. The zero-order valence-corrected chi connectivity index (χ0v) is 25.3. The molecular formula is C43H30N2. The van der Waals surface area contributed by atoms with Gasteiger partial charge in [0.1, 0.15) is 0 Å². The summed E-state index contributed by atoms with van der Waals surface area (Å²) in [5.41, 5.74) is 12.3. The van der Waals surface area contributed by atoms with Gasteiger partial charge in [0.15, 0.2) is 0 Å². The average Bonchev–Trinajstić information content (AvgIpc) is 3.32. The van der Waals surface area contributed by atoms with Crippen molar-refractivity contribution in [2.75, 3.05) is 0 Å². The van der Waals surface area contributed by atoms with Gasteiger partial charge in [0.2, 0.25) is 0 Å². The van der Waals surface area contributed by atoms with Gasteiger partial charge in [-0.2, -0.15) is 0 Å². The number of nitrogens with zero attached hydrogens (tertiary/aromatic N) is 2. The van der Waals surface area contributed by atoms with Crippen molar-refractivity contribution in [1.29, 1.82) is 0 Å². The molecule has 212 valence electrons. The Bertz CT molecular complexity index is 2390. The Morgan fingerprint density at radius 3 is 1.71 bits per heavy atom. The molecule has 45 heavy (non-hydrogen) atoms. The first-order valence-electron chi connectivity index (χ1n) is 15.6. The predicted molar refractivity (Wildman–Crippen MR) is 188 cm³/mol. The summed E-state index contributed by atoms with van der Waals surface area (Å²) in [6.07, 6.45) is 5.86. The minimum absolute atomic E-state index is 0.0551. The van der Waals surface area contributed by atoms with E-state index in [1.54, 1.807) is 0 Å². The van der Waals surface area contributed by atoms with Gasteiger partial charge in [0.05, 0.1) is 5.69 Å². The number of hydrogen-bond donors (Lipinski definition) is 0. The first-order valence-corrected chi connectivity index (χ1v) is 15.6. The van der Waals surface area contributed by atoms with Crippen LogP contribution in [0.15, 0.2) is 146 Å². The lowest BCUT2D eigenvalue weighted by atomic mass is 9.80. The number of hydrogen-bond acceptors (Lipinski definition) is 2. The molecule has 0 amide bonds. The van der Waals surface area contributed by atoms with Crippen molar-refractivity contribution in [1.82, 2.24) is 9.97 Å². The van der Waals surface area contributed by atoms with Crippen molar-refractivity contribution < 1.29 is 0 Å². The summed E-state index contributed by atoms with van der Waals surface area (Å²) in [4.78, 5) is 9.50. The van der Waals surface area contributed by atoms with Crippen LogP contribution in [0.2, 0.25) is 0 Å². The van der Waals surface area contributed by atoms with Crippen LogP contribution >= 0.6 is 0 Å². The van der Waals surface area contributed by atoms with Crippen molar-refractivity contribution in [3.05, 3.63) is 157 Å². The molecule has 0 aliphatic heterocycles. The van der Waals surface area contributed by atoms with Crippen LogP contribution in [0.25, 0.3) is 77.0 Å². The molecule has 1 aliphatic carbocycles. The highest BCUT2D eigenvalue weighted by Gasteiger charge is 2.35. The minimum atomic E-state index is -0.0551. The van der Waals surface area contributed by atoms with E-state index in [-0.39, 0.29) is 5.41 Å². The largest absolute Gasteiger partial charge is 0.263 e. The van der Waals surface area contributed by atoms with Gasteiger partial charge in [0.25, 0.3) is 0 Å². The summed E-state index contributed by atoms with van der Waals surface area (Å²) in [6, 6.07) is 46.3. The molecule has 2 heterocycles. The summed E-state index contributed by atoms with van der Waals surface area (Å²) in [6.45, 7) is 4.71. The van der Waals surface area contributed by atoms with E-state index < -0.39 is 0 Å². The SMILES string of the molecule is CC1(C)c2ccccc2-c2ccc(-c3c4ccccc4c(-c4ccc(-c5cncc6ccccc56)nc4)c4ccccc34)cc21. The fraction of sp³-hybridized carbons (Fsp3) is 0.0698. The first-order chi connectivity index (χ1) is 22.1. The summed E-state index contributed by atoms with van der Waals surface area (Å²) < 4.78 is 0. The number of aromatic nitrogens is 2. The van der Waals surface area contributed by atoms with Crippen LogP contribution in [-0.4, -0.2) is 9.97 Å². The molecule has 0 N–H and O–H groups in total.